The van der Waals surface area contributed by atoms with E-state index in [4.69, 9.17) is 0 Å². The lowest BCUT2D eigenvalue weighted by atomic mass is 9.86. The Morgan fingerprint density at radius 3 is 1.86 bits per heavy atom. The van der Waals surface area contributed by atoms with Crippen LogP contribution in [0.5, 0.6) is 0 Å². The van der Waals surface area contributed by atoms with Gasteiger partial charge in [0.2, 0.25) is 0 Å². The quantitative estimate of drug-likeness (QED) is 0.187. The molecule has 0 saturated heterocycles. The second-order valence-electron chi connectivity index (χ2n) is 10.7. The summed E-state index contributed by atoms with van der Waals surface area (Å²) in [6, 6.07) is 33.8. The summed E-state index contributed by atoms with van der Waals surface area (Å²) in [4.78, 5) is 0. The molecule has 1 atom stereocenters. The molecule has 0 spiro atoms. The molecule has 0 nitrogen and oxygen atoms in total. The van der Waals surface area contributed by atoms with E-state index in [9.17, 15) is 0 Å². The third-order valence-electron chi connectivity index (χ3n) is 7.77. The van der Waals surface area contributed by atoms with Crippen LogP contribution < -0.4 is 10.6 Å². The average Bonchev–Trinajstić information content (AvgIpc) is 2.90. The van der Waals surface area contributed by atoms with Gasteiger partial charge in [-0.2, -0.15) is 0 Å². The van der Waals surface area contributed by atoms with E-state index in [1.54, 1.807) is 0 Å². The van der Waals surface area contributed by atoms with Gasteiger partial charge in [-0.15, -0.1) is 0 Å². The summed E-state index contributed by atoms with van der Waals surface area (Å²) in [6.07, 6.45) is 1.17. The van der Waals surface area contributed by atoms with Gasteiger partial charge in [0.15, 0.2) is 0 Å². The summed E-state index contributed by atoms with van der Waals surface area (Å²) < 4.78 is 0. The monoisotopic (exact) mass is 520 g/mol. The maximum absolute atomic E-state index is 2.43. The van der Waals surface area contributed by atoms with Crippen molar-refractivity contribution in [1.29, 1.82) is 0 Å². The van der Waals surface area contributed by atoms with Gasteiger partial charge < -0.3 is 0 Å². The predicted octanol–water partition coefficient (Wildman–Crippen LogP) is 9.70. The van der Waals surface area contributed by atoms with Gasteiger partial charge in [0.25, 0.3) is 0 Å². The van der Waals surface area contributed by atoms with Crippen molar-refractivity contribution in [2.75, 3.05) is 0 Å². The minimum Gasteiger partial charge on any atom is -0.0969 e. The molecule has 188 valence electrons. The molecule has 37 heavy (non-hydrogen) atoms. The highest BCUT2D eigenvalue weighted by atomic mass is 31.1. The van der Waals surface area contributed by atoms with E-state index < -0.39 is 0 Å². The fourth-order valence-electron chi connectivity index (χ4n) is 5.75. The fourth-order valence-corrected chi connectivity index (χ4v) is 9.70. The van der Waals surface area contributed by atoms with Crippen molar-refractivity contribution in [2.24, 2.45) is 0 Å². The number of hydrogen-bond acceptors (Lipinski definition) is 0. The zero-order valence-electron chi connectivity index (χ0n) is 23.0. The second-order valence-corrected chi connectivity index (χ2v) is 15.5. The molecule has 0 saturated carbocycles. The summed E-state index contributed by atoms with van der Waals surface area (Å²) in [7, 11) is 0.535. The SMILES string of the molecule is Cc1c(C)c(-c2c(CP(C(C)C)C(C)C)ccc3ccccc23)c2ccccc2c1Pc1ccccc1. The maximum Gasteiger partial charge on any atom is -0.00607 e. The molecule has 0 aromatic heterocycles. The van der Waals surface area contributed by atoms with E-state index in [1.807, 2.05) is 0 Å². The molecule has 0 fully saturated rings. The van der Waals surface area contributed by atoms with Crippen LogP contribution in [0, 0.1) is 13.8 Å². The van der Waals surface area contributed by atoms with Crippen LogP contribution in [0.25, 0.3) is 32.7 Å². The molecule has 5 aromatic rings. The highest BCUT2D eigenvalue weighted by molar-refractivity contribution is 7.58. The van der Waals surface area contributed by atoms with Crippen LogP contribution in [-0.4, -0.2) is 11.3 Å². The second kappa shape index (κ2) is 11.1. The Hall–Kier alpha value is -2.52. The van der Waals surface area contributed by atoms with Crippen molar-refractivity contribution in [3.63, 3.8) is 0 Å². The minimum atomic E-state index is -0.116. The number of fused-ring (bicyclic) bond motifs is 2. The zero-order chi connectivity index (χ0) is 26.1. The number of hydrogen-bond donors (Lipinski definition) is 0. The third-order valence-corrected chi connectivity index (χ3v) is 12.6. The van der Waals surface area contributed by atoms with Crippen LogP contribution in [0.2, 0.25) is 0 Å². The smallest absolute Gasteiger partial charge is 0.00607 e. The molecular formula is C35H38P2. The molecule has 0 aliphatic carbocycles. The maximum atomic E-state index is 2.43. The summed E-state index contributed by atoms with van der Waals surface area (Å²) in [5, 5.41) is 8.38. The number of benzene rings is 5. The van der Waals surface area contributed by atoms with E-state index in [0.717, 1.165) is 0 Å². The summed E-state index contributed by atoms with van der Waals surface area (Å²) in [5.41, 5.74) is 8.69. The summed E-state index contributed by atoms with van der Waals surface area (Å²) in [5.74, 6) is 0. The van der Waals surface area contributed by atoms with Gasteiger partial charge in [-0.25, -0.2) is 0 Å². The lowest BCUT2D eigenvalue weighted by Crippen LogP contribution is -2.12. The molecule has 2 heteroatoms. The molecule has 0 amide bonds. The van der Waals surface area contributed by atoms with Crippen LogP contribution in [-0.2, 0) is 6.16 Å². The molecule has 1 unspecified atom stereocenters. The van der Waals surface area contributed by atoms with Gasteiger partial charge in [0, 0.05) is 0 Å². The Kier molecular flexibility index (Phi) is 7.81. The molecule has 0 radical (unpaired) electrons. The fraction of sp³-hybridized carbons (Fsp3) is 0.257. The summed E-state index contributed by atoms with van der Waals surface area (Å²) >= 11 is 0. The van der Waals surface area contributed by atoms with Crippen LogP contribution in [0.1, 0.15) is 44.4 Å². The van der Waals surface area contributed by atoms with Crippen molar-refractivity contribution in [3.05, 3.63) is 108 Å². The standard InChI is InChI=1S/C35H38P2/c1-23(2)37(24(3)4)22-28-21-20-27-14-10-11-17-30(27)34(28)33-25(5)26(6)35(32-19-13-12-18-31(32)33)36-29-15-8-7-9-16-29/h7-21,23-24,36H,22H2,1-6H3. The summed E-state index contributed by atoms with van der Waals surface area (Å²) in [6.45, 7) is 14.4. The van der Waals surface area contributed by atoms with Gasteiger partial charge in [-0.3, -0.25) is 0 Å². The van der Waals surface area contributed by atoms with Crippen LogP contribution >= 0.6 is 16.5 Å². The van der Waals surface area contributed by atoms with Gasteiger partial charge in [0.1, 0.15) is 0 Å². The Bertz CT molecular complexity index is 1540. The highest BCUT2D eigenvalue weighted by Gasteiger charge is 2.23. The van der Waals surface area contributed by atoms with E-state index in [1.165, 1.54) is 66.1 Å². The normalized spacial score (nSPS) is 12.2. The molecule has 5 rings (SSSR count). The number of rotatable bonds is 7. The zero-order valence-corrected chi connectivity index (χ0v) is 24.9. The molecule has 5 aromatic carbocycles. The van der Waals surface area contributed by atoms with Crippen molar-refractivity contribution >= 4 is 48.7 Å². The van der Waals surface area contributed by atoms with Crippen LogP contribution in [0.15, 0.2) is 91.0 Å². The first-order chi connectivity index (χ1) is 17.9. The first-order valence-corrected chi connectivity index (χ1v) is 16.1. The molecule has 0 aliphatic heterocycles. The van der Waals surface area contributed by atoms with Gasteiger partial charge in [-0.05, 0) is 91.3 Å². The third kappa shape index (κ3) is 5.12. The van der Waals surface area contributed by atoms with Gasteiger partial charge >= 0.3 is 0 Å². The van der Waals surface area contributed by atoms with Crippen molar-refractivity contribution < 1.29 is 0 Å². The lowest BCUT2D eigenvalue weighted by Gasteiger charge is -2.28. The van der Waals surface area contributed by atoms with Crippen LogP contribution in [0.3, 0.4) is 0 Å². The molecule has 0 bridgehead atoms. The average molecular weight is 521 g/mol. The van der Waals surface area contributed by atoms with Gasteiger partial charge in [0.05, 0.1) is 0 Å². The molecule has 0 heterocycles. The van der Waals surface area contributed by atoms with Crippen molar-refractivity contribution in [1.82, 2.24) is 0 Å². The van der Waals surface area contributed by atoms with Crippen molar-refractivity contribution in [3.8, 4) is 11.1 Å². The first kappa shape index (κ1) is 26.1. The largest absolute Gasteiger partial charge is 0.0969 e. The highest BCUT2D eigenvalue weighted by Crippen LogP contribution is 2.52. The topological polar surface area (TPSA) is 0 Å². The molecular weight excluding hydrogens is 482 g/mol. The van der Waals surface area contributed by atoms with Crippen LogP contribution in [0.4, 0.5) is 0 Å². The predicted molar refractivity (Wildman–Crippen MR) is 171 cm³/mol. The first-order valence-electron chi connectivity index (χ1n) is 13.5. The minimum absolute atomic E-state index is 0.116. The Balaban J connectivity index is 1.81. The Morgan fingerprint density at radius 1 is 0.595 bits per heavy atom. The molecule has 0 aliphatic rings. The van der Waals surface area contributed by atoms with E-state index >= 15 is 0 Å². The van der Waals surface area contributed by atoms with Crippen molar-refractivity contribution in [2.45, 2.75) is 59.0 Å². The van der Waals surface area contributed by atoms with E-state index in [0.29, 0.717) is 19.9 Å². The van der Waals surface area contributed by atoms with E-state index in [2.05, 4.69) is 133 Å². The van der Waals surface area contributed by atoms with E-state index in [-0.39, 0.29) is 7.92 Å². The Morgan fingerprint density at radius 2 is 1.19 bits per heavy atom. The van der Waals surface area contributed by atoms with Gasteiger partial charge in [-0.1, -0.05) is 135 Å². The Labute approximate surface area is 226 Å². The lowest BCUT2D eigenvalue weighted by molar-refractivity contribution is 0.996. The molecule has 0 N–H and O–H groups in total.